The zero-order valence-electron chi connectivity index (χ0n) is 14.9. The average molecular weight is 387 g/mol. The van der Waals surface area contributed by atoms with Gasteiger partial charge >= 0.3 is 0 Å². The summed E-state index contributed by atoms with van der Waals surface area (Å²) in [5.41, 5.74) is 3.89. The largest absolute Gasteiger partial charge is 0.454 e. The van der Waals surface area contributed by atoms with Gasteiger partial charge in [0.15, 0.2) is 16.6 Å². The summed E-state index contributed by atoms with van der Waals surface area (Å²) in [6.07, 6.45) is 0. The van der Waals surface area contributed by atoms with E-state index in [0.717, 1.165) is 44.6 Å². The maximum Gasteiger partial charge on any atom is 0.231 e. The van der Waals surface area contributed by atoms with Crippen molar-refractivity contribution in [3.05, 3.63) is 72.3 Å². The summed E-state index contributed by atoms with van der Waals surface area (Å²) in [6, 6.07) is 22.2. The maximum atomic E-state index is 5.44. The predicted molar refractivity (Wildman–Crippen MR) is 115 cm³/mol. The van der Waals surface area contributed by atoms with Gasteiger partial charge in [-0.3, -0.25) is 0 Å². The van der Waals surface area contributed by atoms with Gasteiger partial charge in [-0.25, -0.2) is 4.98 Å². The molecule has 2 heterocycles. The van der Waals surface area contributed by atoms with Crippen molar-refractivity contribution in [2.45, 2.75) is 6.54 Å². The Morgan fingerprint density at radius 3 is 2.71 bits per heavy atom. The molecule has 0 saturated carbocycles. The summed E-state index contributed by atoms with van der Waals surface area (Å²) in [5.74, 6) is 1.55. The molecule has 0 radical (unpaired) electrons. The van der Waals surface area contributed by atoms with Crippen molar-refractivity contribution in [3.63, 3.8) is 0 Å². The Morgan fingerprint density at radius 1 is 0.893 bits per heavy atom. The molecule has 0 bridgehead atoms. The normalized spacial score (nSPS) is 12.3. The number of thiocarbonyl (C=S) groups is 1. The topological polar surface area (TPSA) is 55.4 Å². The van der Waals surface area contributed by atoms with E-state index in [-0.39, 0.29) is 6.79 Å². The van der Waals surface area contributed by atoms with E-state index in [1.54, 1.807) is 0 Å². The van der Waals surface area contributed by atoms with Crippen molar-refractivity contribution in [2.24, 2.45) is 0 Å². The van der Waals surface area contributed by atoms with Gasteiger partial charge in [0.2, 0.25) is 6.79 Å². The van der Waals surface area contributed by atoms with E-state index in [1.807, 2.05) is 48.5 Å². The highest BCUT2D eigenvalue weighted by Crippen LogP contribution is 2.32. The molecule has 5 rings (SSSR count). The zero-order chi connectivity index (χ0) is 18.9. The molecular formula is C22H17N3O2S. The van der Waals surface area contributed by atoms with E-state index in [0.29, 0.717) is 11.7 Å². The third-order valence-corrected chi connectivity index (χ3v) is 4.91. The molecule has 0 amide bonds. The number of para-hydroxylation sites is 1. The van der Waals surface area contributed by atoms with Gasteiger partial charge in [0.1, 0.15) is 0 Å². The number of rotatable bonds is 3. The molecule has 5 nitrogen and oxygen atoms in total. The molecule has 138 valence electrons. The van der Waals surface area contributed by atoms with Gasteiger partial charge in [0, 0.05) is 23.0 Å². The van der Waals surface area contributed by atoms with Crippen molar-refractivity contribution in [2.75, 3.05) is 12.1 Å². The lowest BCUT2D eigenvalue weighted by Gasteiger charge is -2.12. The van der Waals surface area contributed by atoms with Gasteiger partial charge < -0.3 is 20.1 Å². The lowest BCUT2D eigenvalue weighted by atomic mass is 10.1. The summed E-state index contributed by atoms with van der Waals surface area (Å²) in [4.78, 5) is 4.74. The fourth-order valence-corrected chi connectivity index (χ4v) is 3.45. The third-order valence-electron chi connectivity index (χ3n) is 4.67. The molecule has 0 aliphatic carbocycles. The molecule has 0 atom stereocenters. The molecule has 0 spiro atoms. The molecule has 0 fully saturated rings. The van der Waals surface area contributed by atoms with Crippen LogP contribution >= 0.6 is 12.2 Å². The van der Waals surface area contributed by atoms with Crippen LogP contribution in [0.2, 0.25) is 0 Å². The highest BCUT2D eigenvalue weighted by molar-refractivity contribution is 7.80. The highest BCUT2D eigenvalue weighted by Gasteiger charge is 2.13. The Bertz CT molecular complexity index is 1210. The van der Waals surface area contributed by atoms with Crippen LogP contribution in [0.15, 0.2) is 66.7 Å². The lowest BCUT2D eigenvalue weighted by molar-refractivity contribution is 0.174. The monoisotopic (exact) mass is 387 g/mol. The van der Waals surface area contributed by atoms with Crippen LogP contribution in [0.5, 0.6) is 11.5 Å². The lowest BCUT2D eigenvalue weighted by Crippen LogP contribution is -2.27. The molecule has 28 heavy (non-hydrogen) atoms. The number of hydrogen-bond acceptors (Lipinski definition) is 4. The average Bonchev–Trinajstić information content (AvgIpc) is 3.18. The SMILES string of the molecule is S=C(NCc1ccc2c(c1)OCO2)Nc1ccc2cc3ccccc3nc2c1. The van der Waals surface area contributed by atoms with E-state index < -0.39 is 0 Å². The first-order valence-corrected chi connectivity index (χ1v) is 9.38. The van der Waals surface area contributed by atoms with E-state index in [4.69, 9.17) is 26.7 Å². The summed E-state index contributed by atoms with van der Waals surface area (Å²) >= 11 is 5.44. The molecule has 1 aromatic heterocycles. The van der Waals surface area contributed by atoms with Crippen LogP contribution in [0, 0.1) is 0 Å². The molecule has 1 aliphatic rings. The van der Waals surface area contributed by atoms with Gasteiger partial charge in [0.25, 0.3) is 0 Å². The smallest absolute Gasteiger partial charge is 0.231 e. The minimum absolute atomic E-state index is 0.275. The van der Waals surface area contributed by atoms with E-state index in [9.17, 15) is 0 Å². The standard InChI is InChI=1S/C22H17N3O2S/c28-22(23-12-14-5-8-20-21(9-14)27-13-26-20)24-17-7-6-16-10-15-3-1-2-4-18(15)25-19(16)11-17/h1-11H,12-13H2,(H2,23,24,28). The van der Waals surface area contributed by atoms with Crippen LogP contribution in [0.25, 0.3) is 21.8 Å². The highest BCUT2D eigenvalue weighted by atomic mass is 32.1. The molecule has 0 unspecified atom stereocenters. The van der Waals surface area contributed by atoms with E-state index in [2.05, 4.69) is 28.8 Å². The Balaban J connectivity index is 1.29. The Labute approximate surface area is 167 Å². The number of hydrogen-bond donors (Lipinski definition) is 2. The van der Waals surface area contributed by atoms with Crippen molar-refractivity contribution in [1.29, 1.82) is 0 Å². The molecule has 2 N–H and O–H groups in total. The van der Waals surface area contributed by atoms with Crippen molar-refractivity contribution < 1.29 is 9.47 Å². The molecule has 6 heteroatoms. The molecule has 4 aromatic rings. The van der Waals surface area contributed by atoms with Gasteiger partial charge in [-0.05, 0) is 54.2 Å². The van der Waals surface area contributed by atoms with Crippen molar-refractivity contribution in [1.82, 2.24) is 10.3 Å². The quantitative estimate of drug-likeness (QED) is 0.396. The number of nitrogens with zero attached hydrogens (tertiary/aromatic N) is 1. The summed E-state index contributed by atoms with van der Waals surface area (Å²) in [7, 11) is 0. The number of nitrogens with one attached hydrogen (secondary N) is 2. The number of benzene rings is 3. The second-order valence-corrected chi connectivity index (χ2v) is 6.99. The molecule has 3 aromatic carbocycles. The minimum Gasteiger partial charge on any atom is -0.454 e. The van der Waals surface area contributed by atoms with Crippen molar-refractivity contribution >= 4 is 44.8 Å². The van der Waals surface area contributed by atoms with Crippen LogP contribution < -0.4 is 20.1 Å². The van der Waals surface area contributed by atoms with E-state index in [1.165, 1.54) is 0 Å². The minimum atomic E-state index is 0.275. The second kappa shape index (κ2) is 6.98. The fourth-order valence-electron chi connectivity index (χ4n) is 3.26. The Kier molecular flexibility index (Phi) is 4.18. The van der Waals surface area contributed by atoms with Crippen LogP contribution in [0.1, 0.15) is 5.56 Å². The first-order valence-electron chi connectivity index (χ1n) is 8.97. The summed E-state index contributed by atoms with van der Waals surface area (Å²) in [5, 5.41) is 9.24. The number of pyridine rings is 1. The molecular weight excluding hydrogens is 370 g/mol. The van der Waals surface area contributed by atoms with E-state index >= 15 is 0 Å². The van der Waals surface area contributed by atoms with Gasteiger partial charge in [-0.1, -0.05) is 30.3 Å². The van der Waals surface area contributed by atoms with Crippen molar-refractivity contribution in [3.8, 4) is 11.5 Å². The Morgan fingerprint density at radius 2 is 1.75 bits per heavy atom. The van der Waals surface area contributed by atoms with Gasteiger partial charge in [-0.2, -0.15) is 0 Å². The van der Waals surface area contributed by atoms with Crippen LogP contribution in [-0.2, 0) is 6.54 Å². The number of anilines is 1. The number of ether oxygens (including phenoxy) is 2. The zero-order valence-corrected chi connectivity index (χ0v) is 15.8. The summed E-state index contributed by atoms with van der Waals surface area (Å²) in [6.45, 7) is 0.871. The Hall–Kier alpha value is -3.38. The summed E-state index contributed by atoms with van der Waals surface area (Å²) < 4.78 is 10.7. The number of fused-ring (bicyclic) bond motifs is 3. The maximum absolute atomic E-state index is 5.44. The fraction of sp³-hybridized carbons (Fsp3) is 0.0909. The molecule has 0 saturated heterocycles. The van der Waals surface area contributed by atoms with Gasteiger partial charge in [0.05, 0.1) is 11.0 Å². The van der Waals surface area contributed by atoms with Gasteiger partial charge in [-0.15, -0.1) is 0 Å². The predicted octanol–water partition coefficient (Wildman–Crippen LogP) is 4.60. The second-order valence-electron chi connectivity index (χ2n) is 6.58. The van der Waals surface area contributed by atoms with Crippen LogP contribution in [0.3, 0.4) is 0 Å². The number of aromatic nitrogens is 1. The first kappa shape index (κ1) is 16.8. The van der Waals surface area contributed by atoms with Crippen LogP contribution in [0.4, 0.5) is 5.69 Å². The van der Waals surface area contributed by atoms with Crippen LogP contribution in [-0.4, -0.2) is 16.9 Å². The first-order chi connectivity index (χ1) is 13.7. The molecule has 1 aliphatic heterocycles. The third kappa shape index (κ3) is 3.30.